The van der Waals surface area contributed by atoms with Gasteiger partial charge in [-0.2, -0.15) is 0 Å². The van der Waals surface area contributed by atoms with Crippen LogP contribution in [-0.4, -0.2) is 12.3 Å². The minimum absolute atomic E-state index is 0. The maximum atomic E-state index is 8.42. The van der Waals surface area contributed by atoms with Gasteiger partial charge in [0, 0.05) is 0 Å². The van der Waals surface area contributed by atoms with Crippen molar-refractivity contribution < 1.29 is 107 Å². The van der Waals surface area contributed by atoms with Gasteiger partial charge in [0.1, 0.15) is 0 Å². The molecule has 57 valence electrons. The van der Waals surface area contributed by atoms with Crippen molar-refractivity contribution in [3.05, 3.63) is 0 Å². The van der Waals surface area contributed by atoms with Gasteiger partial charge in [-0.25, -0.2) is 0 Å². The minimum atomic E-state index is -2.33. The standard InChI is InChI=1S/2CH2O3.Ce.La.O/c2*2-1(3)4;;;/h2*(H2,2,3,4);;;/q;;+3;+1;/p-4. The van der Waals surface area contributed by atoms with Gasteiger partial charge in [0.2, 0.25) is 0 Å². The van der Waals surface area contributed by atoms with Gasteiger partial charge in [0.05, 0.1) is 0 Å². The molecule has 0 atom stereocenters. The molecule has 0 saturated heterocycles. The van der Waals surface area contributed by atoms with E-state index in [2.05, 4.69) is 0 Å². The maximum absolute atomic E-state index is 8.42. The molecule has 0 aromatic carbocycles. The first kappa shape index (κ1) is 22.7. The average molecular weight is 415 g/mol. The Morgan fingerprint density at radius 1 is 0.818 bits per heavy atom. The fourth-order valence-corrected chi connectivity index (χ4v) is 0. The van der Waals surface area contributed by atoms with Gasteiger partial charge in [-0.3, -0.25) is 0 Å². The first-order valence-corrected chi connectivity index (χ1v) is 2.94. The molecule has 0 aliphatic carbocycles. The van der Waals surface area contributed by atoms with Gasteiger partial charge in [0.25, 0.3) is 0 Å². The molecule has 0 saturated carbocycles. The van der Waals surface area contributed by atoms with Crippen LogP contribution in [0.5, 0.6) is 0 Å². The van der Waals surface area contributed by atoms with E-state index in [9.17, 15) is 0 Å². The van der Waals surface area contributed by atoms with Crippen LogP contribution in [0.3, 0.4) is 0 Å². The fourth-order valence-electron chi connectivity index (χ4n) is 0. The number of hydrogen-bond donors (Lipinski definition) is 0. The van der Waals surface area contributed by atoms with E-state index in [0.29, 0.717) is 0 Å². The number of carbonyl (C=O) groups is 2. The molecule has 0 aromatic heterocycles. The molecule has 0 spiro atoms. The molecular weight excluding hydrogens is 415 g/mol. The Kier molecular flexibility index (Phi) is 46.2. The van der Waals surface area contributed by atoms with E-state index in [1.54, 1.807) is 0 Å². The Hall–Kier alpha value is 0.911. The van der Waals surface area contributed by atoms with Crippen LogP contribution in [0.25, 0.3) is 0 Å². The molecule has 1 radical (unpaired) electrons. The number of hydrogen-bond acceptors (Lipinski definition) is 7. The van der Waals surface area contributed by atoms with Crippen molar-refractivity contribution >= 4 is 12.3 Å². The summed E-state index contributed by atoms with van der Waals surface area (Å²) in [6, 6.07) is 0. The molecule has 0 N–H and O–H groups in total. The molecule has 9 heteroatoms. The van der Waals surface area contributed by atoms with Gasteiger partial charge >= 0.3 is 77.3 Å². The number of carbonyl (C=O) groups excluding carboxylic acids is 2. The first-order valence-electron chi connectivity index (χ1n) is 1.46. The van der Waals surface area contributed by atoms with Gasteiger partial charge < -0.3 is 30.0 Å². The van der Waals surface area contributed by atoms with E-state index in [4.69, 9.17) is 31.7 Å². The van der Waals surface area contributed by atoms with E-state index in [-0.39, 0.29) is 75.6 Å². The van der Waals surface area contributed by atoms with Crippen LogP contribution in [0.15, 0.2) is 0 Å². The third kappa shape index (κ3) is 1040. The van der Waals surface area contributed by atoms with Gasteiger partial charge in [-0.15, -0.1) is 0 Å². The van der Waals surface area contributed by atoms with Crippen LogP contribution in [0.1, 0.15) is 0 Å². The molecule has 0 aliphatic heterocycles. The van der Waals surface area contributed by atoms with Crippen molar-refractivity contribution in [3.8, 4) is 0 Å². The zero-order valence-corrected chi connectivity index (χ0v) is 11.7. The summed E-state index contributed by atoms with van der Waals surface area (Å²) in [6.45, 7) is 0. The molecule has 0 bridgehead atoms. The Morgan fingerprint density at radius 3 is 0.818 bits per heavy atom. The third-order valence-corrected chi connectivity index (χ3v) is 0. The predicted octanol–water partition coefficient (Wildman–Crippen LogP) is -5.01. The van der Waals surface area contributed by atoms with Crippen molar-refractivity contribution in [2.24, 2.45) is 0 Å². The van der Waals surface area contributed by atoms with Crippen molar-refractivity contribution in [2.45, 2.75) is 0 Å². The third-order valence-electron chi connectivity index (χ3n) is 0. The summed E-state index contributed by atoms with van der Waals surface area (Å²) in [5.41, 5.74) is 0. The summed E-state index contributed by atoms with van der Waals surface area (Å²) in [7, 11) is 0. The van der Waals surface area contributed by atoms with Crippen LogP contribution in [-0.2, 0) is 1.70 Å². The second-order valence-electron chi connectivity index (χ2n) is 0.500. The Bertz CT molecular complexity index is 84.6. The predicted molar refractivity (Wildman–Crippen MR) is 11.5 cm³/mol. The summed E-state index contributed by atoms with van der Waals surface area (Å²) in [5, 5.41) is 33.3. The molecule has 0 heterocycles. The Balaban J connectivity index is -0.0000000339. The zero-order chi connectivity index (χ0) is 9.15. The fraction of sp³-hybridized carbons (Fsp3) is 0. The molecule has 0 aliphatic rings. The number of rotatable bonds is 0. The molecule has 7 nitrogen and oxygen atoms in total. The Labute approximate surface area is 118 Å². The summed E-state index contributed by atoms with van der Waals surface area (Å²) in [6.07, 6.45) is -4.67. The van der Waals surface area contributed by atoms with Gasteiger partial charge in [-0.05, 0) is 12.3 Å². The van der Waals surface area contributed by atoms with Crippen molar-refractivity contribution in [1.82, 2.24) is 0 Å². The van der Waals surface area contributed by atoms with Crippen LogP contribution < -0.4 is 20.4 Å². The van der Waals surface area contributed by atoms with Gasteiger partial charge in [0.15, 0.2) is 0 Å². The summed E-state index contributed by atoms with van der Waals surface area (Å²) in [5.74, 6) is 0. The monoisotopic (exact) mass is 415 g/mol. The molecule has 0 amide bonds. The molecule has 0 fully saturated rings. The normalized spacial score (nSPS) is 4.91. The zero-order valence-electron chi connectivity index (χ0n) is 4.94. The SMILES string of the molecule is O=C([O-])[O-].O=C([O-])[O-].[Ce+3].[O]=[La+]. The summed E-state index contributed by atoms with van der Waals surface area (Å²) >= 11 is -0.0833. The van der Waals surface area contributed by atoms with Crippen molar-refractivity contribution in [1.29, 1.82) is 0 Å². The molecular formula is C2CeLaO7. The number of carboxylic acid groups (broad SMARTS) is 4. The first-order chi connectivity index (χ1) is 4.46. The van der Waals surface area contributed by atoms with Crippen molar-refractivity contribution in [2.75, 3.05) is 0 Å². The molecule has 0 rings (SSSR count). The average Bonchev–Trinajstić information content (AvgIpc) is 1.66. The van der Waals surface area contributed by atoms with Crippen molar-refractivity contribution in [3.63, 3.8) is 0 Å². The Morgan fingerprint density at radius 2 is 0.818 bits per heavy atom. The molecule has 0 aromatic rings. The van der Waals surface area contributed by atoms with Crippen LogP contribution >= 0.6 is 0 Å². The van der Waals surface area contributed by atoms with Gasteiger partial charge in [-0.1, -0.05) is 0 Å². The summed E-state index contributed by atoms with van der Waals surface area (Å²) in [4.78, 5) is 16.7. The van der Waals surface area contributed by atoms with E-state index < -0.39 is 12.3 Å². The summed E-state index contributed by atoms with van der Waals surface area (Å²) < 4.78 is 8.42. The van der Waals surface area contributed by atoms with E-state index in [1.165, 1.54) is 0 Å². The molecule has 0 unspecified atom stereocenters. The topological polar surface area (TPSA) is 143 Å². The second kappa shape index (κ2) is 22.4. The van der Waals surface area contributed by atoms with Crippen LogP contribution in [0.4, 0.5) is 9.59 Å². The second-order valence-corrected chi connectivity index (χ2v) is 0.500. The van der Waals surface area contributed by atoms with E-state index >= 15 is 0 Å². The van der Waals surface area contributed by atoms with E-state index in [0.717, 1.165) is 0 Å². The van der Waals surface area contributed by atoms with Crippen LogP contribution in [0, 0.1) is 75.6 Å². The molecule has 11 heavy (non-hydrogen) atoms. The van der Waals surface area contributed by atoms with E-state index in [1.807, 2.05) is 0 Å². The quantitative estimate of drug-likeness (QED) is 0.386. The van der Waals surface area contributed by atoms with Crippen LogP contribution in [0.2, 0.25) is 0 Å².